The zero-order chi connectivity index (χ0) is 15.8. The third-order valence-corrected chi connectivity index (χ3v) is 2.90. The summed E-state index contributed by atoms with van der Waals surface area (Å²) in [5.41, 5.74) is 5.97. The van der Waals surface area contributed by atoms with Gasteiger partial charge in [-0.25, -0.2) is 9.59 Å². The molecule has 114 valence electrons. The Labute approximate surface area is 122 Å². The molecule has 0 bridgehead atoms. The Balaban J connectivity index is 2.55. The van der Waals surface area contributed by atoms with E-state index in [0.29, 0.717) is 6.42 Å². The van der Waals surface area contributed by atoms with Crippen molar-refractivity contribution < 1.29 is 19.5 Å². The van der Waals surface area contributed by atoms with E-state index >= 15 is 0 Å². The van der Waals surface area contributed by atoms with Gasteiger partial charge in [0.1, 0.15) is 12.6 Å². The number of aliphatic carboxylic acids is 1. The molecular weight excluding hydrogens is 274 g/mol. The molecule has 1 unspecified atom stereocenters. The number of hydrogen-bond donors (Lipinski definition) is 3. The van der Waals surface area contributed by atoms with Gasteiger partial charge in [0, 0.05) is 7.05 Å². The number of primary amides is 1. The molecule has 1 aromatic carbocycles. The molecule has 0 aliphatic rings. The first-order valence-corrected chi connectivity index (χ1v) is 6.47. The van der Waals surface area contributed by atoms with Crippen molar-refractivity contribution in [2.75, 3.05) is 13.6 Å². The summed E-state index contributed by atoms with van der Waals surface area (Å²) in [6.07, 6.45) is 0.785. The summed E-state index contributed by atoms with van der Waals surface area (Å²) in [6, 6.07) is 7.72. The minimum Gasteiger partial charge on any atom is -0.480 e. The Kier molecular flexibility index (Phi) is 6.19. The van der Waals surface area contributed by atoms with E-state index in [2.05, 4.69) is 5.32 Å². The van der Waals surface area contributed by atoms with Crippen molar-refractivity contribution in [3.05, 3.63) is 35.9 Å². The van der Waals surface area contributed by atoms with Crippen LogP contribution >= 0.6 is 0 Å². The van der Waals surface area contributed by atoms with Crippen LogP contribution in [0.2, 0.25) is 0 Å². The summed E-state index contributed by atoms with van der Waals surface area (Å²) >= 11 is 0. The van der Waals surface area contributed by atoms with Crippen molar-refractivity contribution in [1.82, 2.24) is 10.2 Å². The largest absolute Gasteiger partial charge is 0.480 e. The fraction of sp³-hybridized carbons (Fsp3) is 0.357. The Hall–Kier alpha value is -2.57. The number of likely N-dealkylation sites (N-methyl/N-ethyl adjacent to an activating group) is 1. The lowest BCUT2D eigenvalue weighted by Gasteiger charge is -2.20. The van der Waals surface area contributed by atoms with Gasteiger partial charge in [-0.2, -0.15) is 0 Å². The van der Waals surface area contributed by atoms with Crippen molar-refractivity contribution in [1.29, 1.82) is 0 Å². The van der Waals surface area contributed by atoms with Crippen LogP contribution in [0, 0.1) is 0 Å². The number of carboxylic acids is 1. The van der Waals surface area contributed by atoms with Gasteiger partial charge in [0.2, 0.25) is 5.91 Å². The molecule has 0 aromatic heterocycles. The molecule has 0 aliphatic carbocycles. The number of nitrogens with two attached hydrogens (primary N) is 1. The molecule has 0 saturated carbocycles. The minimum absolute atomic E-state index is 0.259. The third-order valence-electron chi connectivity index (χ3n) is 2.90. The highest BCUT2D eigenvalue weighted by Crippen LogP contribution is 2.05. The predicted molar refractivity (Wildman–Crippen MR) is 76.5 cm³/mol. The molecule has 0 heterocycles. The first kappa shape index (κ1) is 16.5. The second-order valence-corrected chi connectivity index (χ2v) is 4.69. The van der Waals surface area contributed by atoms with E-state index in [9.17, 15) is 14.4 Å². The van der Waals surface area contributed by atoms with Gasteiger partial charge in [-0.3, -0.25) is 4.79 Å². The first-order valence-electron chi connectivity index (χ1n) is 6.47. The molecule has 7 nitrogen and oxygen atoms in total. The quantitative estimate of drug-likeness (QED) is 0.666. The highest BCUT2D eigenvalue weighted by Gasteiger charge is 2.22. The van der Waals surface area contributed by atoms with Gasteiger partial charge in [0.25, 0.3) is 0 Å². The number of urea groups is 1. The van der Waals surface area contributed by atoms with Gasteiger partial charge in [0.15, 0.2) is 0 Å². The predicted octanol–water partition coefficient (Wildman–Crippen LogP) is 0.199. The van der Waals surface area contributed by atoms with E-state index in [4.69, 9.17) is 10.8 Å². The van der Waals surface area contributed by atoms with Crippen LogP contribution < -0.4 is 11.1 Å². The molecule has 0 aliphatic heterocycles. The number of carbonyl (C=O) groups is 3. The van der Waals surface area contributed by atoms with Crippen LogP contribution in [0.5, 0.6) is 0 Å². The molecule has 3 amide bonds. The maximum absolute atomic E-state index is 11.7. The number of hydrogen-bond acceptors (Lipinski definition) is 3. The molecular formula is C14H19N3O4. The first-order chi connectivity index (χ1) is 9.90. The molecule has 0 radical (unpaired) electrons. The monoisotopic (exact) mass is 293 g/mol. The number of nitrogens with one attached hydrogen (secondary N) is 1. The van der Waals surface area contributed by atoms with Crippen molar-refractivity contribution in [2.24, 2.45) is 5.73 Å². The number of nitrogens with zero attached hydrogens (tertiary/aromatic N) is 1. The van der Waals surface area contributed by atoms with Crippen molar-refractivity contribution >= 4 is 17.9 Å². The average molecular weight is 293 g/mol. The van der Waals surface area contributed by atoms with E-state index in [0.717, 1.165) is 10.5 Å². The fourth-order valence-corrected chi connectivity index (χ4v) is 1.78. The average Bonchev–Trinajstić information content (AvgIpc) is 2.43. The summed E-state index contributed by atoms with van der Waals surface area (Å²) < 4.78 is 0. The molecule has 1 atom stereocenters. The Morgan fingerprint density at radius 1 is 1.29 bits per heavy atom. The lowest BCUT2D eigenvalue weighted by atomic mass is 10.1. The zero-order valence-electron chi connectivity index (χ0n) is 11.8. The number of aryl methyl sites for hydroxylation is 1. The topological polar surface area (TPSA) is 113 Å². The van der Waals surface area contributed by atoms with Crippen molar-refractivity contribution in [3.8, 4) is 0 Å². The van der Waals surface area contributed by atoms with E-state index in [1.165, 1.54) is 7.05 Å². The molecule has 1 rings (SSSR count). The van der Waals surface area contributed by atoms with Crippen molar-refractivity contribution in [2.45, 2.75) is 18.9 Å². The smallest absolute Gasteiger partial charge is 0.326 e. The summed E-state index contributed by atoms with van der Waals surface area (Å²) in [4.78, 5) is 34.7. The maximum atomic E-state index is 11.7. The molecule has 1 aromatic rings. The zero-order valence-corrected chi connectivity index (χ0v) is 11.8. The van der Waals surface area contributed by atoms with E-state index in [-0.39, 0.29) is 13.0 Å². The van der Waals surface area contributed by atoms with Crippen LogP contribution in [-0.2, 0) is 16.0 Å². The summed E-state index contributed by atoms with van der Waals surface area (Å²) in [5.74, 6) is -1.78. The van der Waals surface area contributed by atoms with E-state index in [1.807, 2.05) is 30.3 Å². The second-order valence-electron chi connectivity index (χ2n) is 4.69. The Morgan fingerprint density at radius 3 is 2.43 bits per heavy atom. The van der Waals surface area contributed by atoms with Crippen molar-refractivity contribution in [3.63, 3.8) is 0 Å². The summed E-state index contributed by atoms with van der Waals surface area (Å²) in [5, 5.41) is 11.5. The van der Waals surface area contributed by atoms with Crippen LogP contribution in [0.3, 0.4) is 0 Å². The normalized spacial score (nSPS) is 11.5. The SMILES string of the molecule is CN(CC(N)=O)C(=O)NC(CCc1ccccc1)C(=O)O. The Bertz CT molecular complexity index is 504. The molecule has 0 fully saturated rings. The van der Waals surface area contributed by atoms with Gasteiger partial charge in [0.05, 0.1) is 0 Å². The number of carboxylic acid groups (broad SMARTS) is 1. The molecule has 7 heteroatoms. The van der Waals surface area contributed by atoms with Gasteiger partial charge < -0.3 is 21.1 Å². The number of benzene rings is 1. The highest BCUT2D eigenvalue weighted by atomic mass is 16.4. The van der Waals surface area contributed by atoms with E-state index < -0.39 is 23.9 Å². The summed E-state index contributed by atoms with van der Waals surface area (Å²) in [6.45, 7) is -0.267. The lowest BCUT2D eigenvalue weighted by molar-refractivity contribution is -0.139. The standard InChI is InChI=1S/C14H19N3O4/c1-17(9-12(15)18)14(21)16-11(13(19)20)8-7-10-5-3-2-4-6-10/h2-6,11H,7-9H2,1H3,(H2,15,18)(H,16,21)(H,19,20). The van der Waals surface area contributed by atoms with Gasteiger partial charge in [-0.05, 0) is 18.4 Å². The fourth-order valence-electron chi connectivity index (χ4n) is 1.78. The highest BCUT2D eigenvalue weighted by molar-refractivity contribution is 5.85. The van der Waals surface area contributed by atoms with Crippen LogP contribution in [0.25, 0.3) is 0 Å². The van der Waals surface area contributed by atoms with Crippen LogP contribution in [-0.4, -0.2) is 47.5 Å². The van der Waals surface area contributed by atoms with Gasteiger partial charge in [-0.15, -0.1) is 0 Å². The van der Waals surface area contributed by atoms with Gasteiger partial charge >= 0.3 is 12.0 Å². The third kappa shape index (κ3) is 5.94. The van der Waals surface area contributed by atoms with Gasteiger partial charge in [-0.1, -0.05) is 30.3 Å². The molecule has 0 spiro atoms. The number of rotatable bonds is 7. The minimum atomic E-state index is -1.12. The summed E-state index contributed by atoms with van der Waals surface area (Å²) in [7, 11) is 1.37. The number of carbonyl (C=O) groups excluding carboxylic acids is 2. The lowest BCUT2D eigenvalue weighted by Crippen LogP contribution is -2.48. The molecule has 21 heavy (non-hydrogen) atoms. The molecule has 4 N–H and O–H groups in total. The van der Waals surface area contributed by atoms with Crippen LogP contribution in [0.15, 0.2) is 30.3 Å². The van der Waals surface area contributed by atoms with E-state index in [1.54, 1.807) is 0 Å². The van der Waals surface area contributed by atoms with Crippen LogP contribution in [0.4, 0.5) is 4.79 Å². The second kappa shape index (κ2) is 7.88. The number of amides is 3. The molecule has 0 saturated heterocycles. The maximum Gasteiger partial charge on any atom is 0.326 e. The van der Waals surface area contributed by atoms with Crippen LogP contribution in [0.1, 0.15) is 12.0 Å². The Morgan fingerprint density at radius 2 is 1.90 bits per heavy atom.